The van der Waals surface area contributed by atoms with Crippen LogP contribution in [0.3, 0.4) is 0 Å². The molecule has 0 aliphatic rings. The number of carbonyl (C=O) groups excluding carboxylic acids is 1. The summed E-state index contributed by atoms with van der Waals surface area (Å²) in [5.74, 6) is 0.802. The Labute approximate surface area is 155 Å². The molecule has 6 nitrogen and oxygen atoms in total. The molecule has 0 spiro atoms. The Bertz CT molecular complexity index is 820. The summed E-state index contributed by atoms with van der Waals surface area (Å²) in [5, 5.41) is 7.67. The van der Waals surface area contributed by atoms with E-state index < -0.39 is 0 Å². The number of amides is 1. The molecule has 0 saturated heterocycles. The molecular formula is C17H18ClN5OS. The fraction of sp³-hybridized carbons (Fsp3) is 0.235. The quantitative estimate of drug-likeness (QED) is 0.684. The molecule has 0 saturated carbocycles. The van der Waals surface area contributed by atoms with Gasteiger partial charge < -0.3 is 9.88 Å². The van der Waals surface area contributed by atoms with Gasteiger partial charge in [-0.15, -0.1) is 0 Å². The summed E-state index contributed by atoms with van der Waals surface area (Å²) in [6.45, 7) is 0. The van der Waals surface area contributed by atoms with Crippen LogP contribution in [-0.4, -0.2) is 37.2 Å². The lowest BCUT2D eigenvalue weighted by Crippen LogP contribution is -2.26. The normalized spacial score (nSPS) is 12.1. The third kappa shape index (κ3) is 4.24. The zero-order valence-corrected chi connectivity index (χ0v) is 15.2. The van der Waals surface area contributed by atoms with Gasteiger partial charge in [-0.3, -0.25) is 4.79 Å². The fourth-order valence-electron chi connectivity index (χ4n) is 2.56. The molecule has 2 heterocycles. The van der Waals surface area contributed by atoms with E-state index in [1.54, 1.807) is 41.0 Å². The van der Waals surface area contributed by atoms with Gasteiger partial charge in [0.05, 0.1) is 11.4 Å². The van der Waals surface area contributed by atoms with Crippen molar-refractivity contribution in [3.05, 3.63) is 60.4 Å². The number of hydrogen-bond acceptors (Lipinski definition) is 4. The number of nitrogens with zero attached hydrogens (tertiary/aromatic N) is 4. The standard InChI is InChI=1S/C17H18ClN5OS/c1-25-9-6-16(22-7-2-3-8-22)17(24)21-14-10-13(18)4-5-15(14)23-12-19-11-20-23/h2-5,7-8,10-12,16H,6,9H2,1H3,(H,21,24)/t16-/m0/s1. The van der Waals surface area contributed by atoms with Gasteiger partial charge in [-0.2, -0.15) is 16.9 Å². The van der Waals surface area contributed by atoms with Gasteiger partial charge in [0.1, 0.15) is 18.7 Å². The van der Waals surface area contributed by atoms with Gasteiger partial charge in [0.15, 0.2) is 0 Å². The molecule has 3 rings (SSSR count). The van der Waals surface area contributed by atoms with Crippen molar-refractivity contribution < 1.29 is 4.79 Å². The highest BCUT2D eigenvalue weighted by Crippen LogP contribution is 2.26. The molecule has 3 aromatic rings. The number of halogens is 1. The van der Waals surface area contributed by atoms with Crippen LogP contribution in [0.2, 0.25) is 5.02 Å². The lowest BCUT2D eigenvalue weighted by atomic mass is 10.2. The number of thioether (sulfide) groups is 1. The van der Waals surface area contributed by atoms with Crippen LogP contribution in [0.25, 0.3) is 5.69 Å². The first kappa shape index (κ1) is 17.6. The first-order valence-electron chi connectivity index (χ1n) is 7.76. The zero-order chi connectivity index (χ0) is 17.6. The number of anilines is 1. The summed E-state index contributed by atoms with van der Waals surface area (Å²) >= 11 is 7.84. The molecule has 25 heavy (non-hydrogen) atoms. The summed E-state index contributed by atoms with van der Waals surface area (Å²) < 4.78 is 3.52. The predicted octanol–water partition coefficient (Wildman–Crippen LogP) is 3.66. The minimum Gasteiger partial charge on any atom is -0.342 e. The number of rotatable bonds is 7. The van der Waals surface area contributed by atoms with E-state index in [2.05, 4.69) is 15.4 Å². The SMILES string of the molecule is CSCC[C@@H](C(=O)Nc1cc(Cl)ccc1-n1cncn1)n1cccc1. The topological polar surface area (TPSA) is 64.7 Å². The predicted molar refractivity (Wildman–Crippen MR) is 101 cm³/mol. The van der Waals surface area contributed by atoms with E-state index in [1.807, 2.05) is 35.3 Å². The summed E-state index contributed by atoms with van der Waals surface area (Å²) in [6, 6.07) is 8.83. The summed E-state index contributed by atoms with van der Waals surface area (Å²) in [7, 11) is 0. The molecule has 0 radical (unpaired) electrons. The average Bonchev–Trinajstić information content (AvgIpc) is 3.29. The molecule has 1 N–H and O–H groups in total. The third-order valence-corrected chi connectivity index (χ3v) is 4.65. The lowest BCUT2D eigenvalue weighted by Gasteiger charge is -2.19. The van der Waals surface area contributed by atoms with Crippen molar-refractivity contribution in [1.29, 1.82) is 0 Å². The Balaban J connectivity index is 1.87. The maximum atomic E-state index is 12.9. The molecule has 1 atom stereocenters. The van der Waals surface area contributed by atoms with Crippen LogP contribution < -0.4 is 5.32 Å². The highest BCUT2D eigenvalue weighted by atomic mass is 35.5. The molecule has 2 aromatic heterocycles. The highest BCUT2D eigenvalue weighted by molar-refractivity contribution is 7.98. The molecule has 1 amide bonds. The number of hydrogen-bond donors (Lipinski definition) is 1. The van der Waals surface area contributed by atoms with Crippen molar-refractivity contribution in [2.75, 3.05) is 17.3 Å². The van der Waals surface area contributed by atoms with Crippen LogP contribution in [0, 0.1) is 0 Å². The average molecular weight is 376 g/mol. The van der Waals surface area contributed by atoms with Crippen LogP contribution in [0.4, 0.5) is 5.69 Å². The molecule has 8 heteroatoms. The molecule has 1 aromatic carbocycles. The second kappa shape index (κ2) is 8.22. The maximum Gasteiger partial charge on any atom is 0.247 e. The van der Waals surface area contributed by atoms with Crippen molar-refractivity contribution in [3.8, 4) is 5.69 Å². The van der Waals surface area contributed by atoms with E-state index in [4.69, 9.17) is 11.6 Å². The largest absolute Gasteiger partial charge is 0.342 e. The van der Waals surface area contributed by atoms with Gasteiger partial charge in [0, 0.05) is 17.4 Å². The van der Waals surface area contributed by atoms with E-state index in [1.165, 1.54) is 6.33 Å². The van der Waals surface area contributed by atoms with E-state index in [-0.39, 0.29) is 11.9 Å². The molecule has 130 valence electrons. The maximum absolute atomic E-state index is 12.9. The van der Waals surface area contributed by atoms with Gasteiger partial charge in [-0.25, -0.2) is 9.67 Å². The van der Waals surface area contributed by atoms with Crippen molar-refractivity contribution in [1.82, 2.24) is 19.3 Å². The number of carbonyl (C=O) groups is 1. The first-order chi connectivity index (χ1) is 12.2. The van der Waals surface area contributed by atoms with Crippen LogP contribution in [0.5, 0.6) is 0 Å². The zero-order valence-electron chi connectivity index (χ0n) is 13.7. The van der Waals surface area contributed by atoms with E-state index in [9.17, 15) is 4.79 Å². The molecule has 0 aliphatic heterocycles. The van der Waals surface area contributed by atoms with Crippen molar-refractivity contribution in [2.45, 2.75) is 12.5 Å². The van der Waals surface area contributed by atoms with Crippen LogP contribution in [0.1, 0.15) is 12.5 Å². The Hall–Kier alpha value is -2.25. The van der Waals surface area contributed by atoms with Crippen LogP contribution in [0.15, 0.2) is 55.4 Å². The smallest absolute Gasteiger partial charge is 0.247 e. The van der Waals surface area contributed by atoms with Crippen molar-refractivity contribution in [2.24, 2.45) is 0 Å². The minimum atomic E-state index is -0.287. The second-order valence-corrected chi connectivity index (χ2v) is 6.84. The van der Waals surface area contributed by atoms with E-state index >= 15 is 0 Å². The Morgan fingerprint density at radius 3 is 2.84 bits per heavy atom. The van der Waals surface area contributed by atoms with Crippen molar-refractivity contribution in [3.63, 3.8) is 0 Å². The second-order valence-electron chi connectivity index (χ2n) is 5.42. The number of aromatic nitrogens is 4. The Kier molecular flexibility index (Phi) is 5.78. The van der Waals surface area contributed by atoms with Crippen LogP contribution in [-0.2, 0) is 4.79 Å². The summed E-state index contributed by atoms with van der Waals surface area (Å²) in [4.78, 5) is 16.9. The summed E-state index contributed by atoms with van der Waals surface area (Å²) in [6.07, 6.45) is 9.60. The lowest BCUT2D eigenvalue weighted by molar-refractivity contribution is -0.119. The van der Waals surface area contributed by atoms with Gasteiger partial charge >= 0.3 is 0 Å². The van der Waals surface area contributed by atoms with Gasteiger partial charge in [-0.1, -0.05) is 11.6 Å². The molecular weight excluding hydrogens is 358 g/mol. The highest BCUT2D eigenvalue weighted by Gasteiger charge is 2.21. The van der Waals surface area contributed by atoms with Gasteiger partial charge in [0.2, 0.25) is 5.91 Å². The molecule has 0 bridgehead atoms. The van der Waals surface area contributed by atoms with Crippen molar-refractivity contribution >= 4 is 35.0 Å². The Morgan fingerprint density at radius 1 is 1.36 bits per heavy atom. The van der Waals surface area contributed by atoms with Gasteiger partial charge in [0.25, 0.3) is 0 Å². The minimum absolute atomic E-state index is 0.0890. The molecule has 0 aliphatic carbocycles. The number of nitrogens with one attached hydrogen (secondary N) is 1. The monoisotopic (exact) mass is 375 g/mol. The third-order valence-electron chi connectivity index (χ3n) is 3.77. The number of benzene rings is 1. The van der Waals surface area contributed by atoms with E-state index in [0.717, 1.165) is 12.2 Å². The Morgan fingerprint density at radius 2 is 2.16 bits per heavy atom. The first-order valence-corrected chi connectivity index (χ1v) is 9.53. The fourth-order valence-corrected chi connectivity index (χ4v) is 3.19. The molecule has 0 unspecified atom stereocenters. The molecule has 0 fully saturated rings. The van der Waals surface area contributed by atoms with Gasteiger partial charge in [-0.05, 0) is 48.8 Å². The summed E-state index contributed by atoms with van der Waals surface area (Å²) in [5.41, 5.74) is 1.32. The van der Waals surface area contributed by atoms with Crippen LogP contribution >= 0.6 is 23.4 Å². The van der Waals surface area contributed by atoms with E-state index in [0.29, 0.717) is 16.4 Å².